The van der Waals surface area contributed by atoms with Crippen molar-refractivity contribution in [2.45, 2.75) is 25.2 Å². The molecule has 0 fully saturated rings. The molecule has 0 heterocycles. The molecule has 4 nitrogen and oxygen atoms in total. The van der Waals surface area contributed by atoms with Crippen LogP contribution in [-0.2, 0) is 23.9 Å². The van der Waals surface area contributed by atoms with E-state index >= 15 is 0 Å². The van der Waals surface area contributed by atoms with E-state index in [1.165, 1.54) is 30.1 Å². The van der Waals surface area contributed by atoms with Gasteiger partial charge in [0.15, 0.2) is 0 Å². The van der Waals surface area contributed by atoms with Crippen molar-refractivity contribution in [1.82, 2.24) is 10.2 Å². The lowest BCUT2D eigenvalue weighted by Gasteiger charge is -2.26. The Morgan fingerprint density at radius 1 is 0.875 bits per heavy atom. The summed E-state index contributed by atoms with van der Waals surface area (Å²) in [5.41, 5.74) is 0.419. The van der Waals surface area contributed by atoms with Gasteiger partial charge < -0.3 is 10.2 Å². The summed E-state index contributed by atoms with van der Waals surface area (Å²) in [6.07, 6.45) is -4.31. The van der Waals surface area contributed by atoms with Crippen LogP contribution in [0.4, 0.5) is 13.2 Å². The first-order chi connectivity index (χ1) is 15.3. The van der Waals surface area contributed by atoms with Crippen LogP contribution < -0.4 is 5.32 Å². The second kappa shape index (κ2) is 10.1. The number of benzene rings is 3. The Morgan fingerprint density at radius 3 is 2.06 bits per heavy atom. The molecule has 1 unspecified atom stereocenters. The van der Waals surface area contributed by atoms with E-state index in [-0.39, 0.29) is 18.5 Å². The van der Waals surface area contributed by atoms with E-state index in [0.29, 0.717) is 5.56 Å². The molecule has 166 valence electrons. The van der Waals surface area contributed by atoms with E-state index < -0.39 is 29.6 Å². The van der Waals surface area contributed by atoms with Gasteiger partial charge in [-0.25, -0.2) is 0 Å². The van der Waals surface area contributed by atoms with Gasteiger partial charge >= 0.3 is 6.18 Å². The van der Waals surface area contributed by atoms with Crippen LogP contribution >= 0.6 is 0 Å². The molecule has 7 heteroatoms. The molecule has 0 aliphatic carbocycles. The number of hydrogen-bond acceptors (Lipinski definition) is 2. The standard InChI is InChI=1S/C25H23F3N2O2/c1-30(17-20-14-8-9-15-21(20)25(26,27)28)24(32)22(16-18-10-4-2-5-11-18)29-23(31)19-12-6-3-7-13-19/h2-15,22H,16-17H2,1H3,(H,29,31). The van der Waals surface area contributed by atoms with Crippen molar-refractivity contribution < 1.29 is 22.8 Å². The second-order valence-electron chi connectivity index (χ2n) is 7.43. The Hall–Kier alpha value is -3.61. The zero-order chi connectivity index (χ0) is 23.1. The minimum absolute atomic E-state index is 0.0105. The van der Waals surface area contributed by atoms with Crippen molar-refractivity contribution in [3.63, 3.8) is 0 Å². The van der Waals surface area contributed by atoms with Gasteiger partial charge in [0.05, 0.1) is 5.56 Å². The van der Waals surface area contributed by atoms with Crippen LogP contribution in [0.1, 0.15) is 27.0 Å². The first-order valence-electron chi connectivity index (χ1n) is 10.1. The van der Waals surface area contributed by atoms with Crippen molar-refractivity contribution in [3.05, 3.63) is 107 Å². The Labute approximate surface area is 184 Å². The van der Waals surface area contributed by atoms with E-state index in [4.69, 9.17) is 0 Å². The van der Waals surface area contributed by atoms with Gasteiger partial charge in [-0.15, -0.1) is 0 Å². The molecule has 1 atom stereocenters. The molecule has 3 rings (SSSR count). The third-order valence-electron chi connectivity index (χ3n) is 5.03. The van der Waals surface area contributed by atoms with Crippen LogP contribution in [0, 0.1) is 0 Å². The highest BCUT2D eigenvalue weighted by Gasteiger charge is 2.34. The predicted molar refractivity (Wildman–Crippen MR) is 116 cm³/mol. The summed E-state index contributed by atoms with van der Waals surface area (Å²) in [7, 11) is 1.43. The van der Waals surface area contributed by atoms with Crippen LogP contribution in [0.3, 0.4) is 0 Å². The summed E-state index contributed by atoms with van der Waals surface area (Å²) in [5, 5.41) is 2.74. The predicted octanol–water partition coefficient (Wildman–Crippen LogP) is 4.71. The number of amides is 2. The van der Waals surface area contributed by atoms with Crippen molar-refractivity contribution in [1.29, 1.82) is 0 Å². The van der Waals surface area contributed by atoms with Crippen molar-refractivity contribution in [2.75, 3.05) is 7.05 Å². The molecule has 32 heavy (non-hydrogen) atoms. The number of nitrogens with zero attached hydrogens (tertiary/aromatic N) is 1. The summed E-state index contributed by atoms with van der Waals surface area (Å²) >= 11 is 0. The van der Waals surface area contributed by atoms with Crippen molar-refractivity contribution >= 4 is 11.8 Å². The SMILES string of the molecule is CN(Cc1ccccc1C(F)(F)F)C(=O)C(Cc1ccccc1)NC(=O)c1ccccc1. The molecular formula is C25H23F3N2O2. The third-order valence-corrected chi connectivity index (χ3v) is 5.03. The number of nitrogens with one attached hydrogen (secondary N) is 1. The average Bonchev–Trinajstić information content (AvgIpc) is 2.79. The Kier molecular flexibility index (Phi) is 7.30. The molecule has 2 amide bonds. The number of hydrogen-bond donors (Lipinski definition) is 1. The van der Waals surface area contributed by atoms with Gasteiger partial charge in [-0.2, -0.15) is 13.2 Å². The molecule has 0 saturated carbocycles. The van der Waals surface area contributed by atoms with E-state index in [0.717, 1.165) is 11.6 Å². The molecule has 0 aliphatic rings. The van der Waals surface area contributed by atoms with E-state index in [9.17, 15) is 22.8 Å². The minimum Gasteiger partial charge on any atom is -0.340 e. The molecular weight excluding hydrogens is 417 g/mol. The number of alkyl halides is 3. The molecule has 0 aliphatic heterocycles. The fraction of sp³-hybridized carbons (Fsp3) is 0.200. The lowest BCUT2D eigenvalue weighted by Crippen LogP contribution is -2.48. The van der Waals surface area contributed by atoms with E-state index in [2.05, 4.69) is 5.32 Å². The molecule has 0 radical (unpaired) electrons. The number of carbonyl (C=O) groups excluding carboxylic acids is 2. The summed E-state index contributed by atoms with van der Waals surface area (Å²) in [4.78, 5) is 27.1. The Bertz CT molecular complexity index is 1050. The van der Waals surface area contributed by atoms with Crippen LogP contribution in [0.15, 0.2) is 84.9 Å². The summed E-state index contributed by atoms with van der Waals surface area (Å²) in [6.45, 7) is -0.235. The molecule has 1 N–H and O–H groups in total. The fourth-order valence-corrected chi connectivity index (χ4v) is 3.42. The molecule has 0 saturated heterocycles. The maximum absolute atomic E-state index is 13.3. The first-order valence-corrected chi connectivity index (χ1v) is 10.1. The van der Waals surface area contributed by atoms with Crippen LogP contribution in [0.5, 0.6) is 0 Å². The van der Waals surface area contributed by atoms with Crippen molar-refractivity contribution in [2.24, 2.45) is 0 Å². The molecule has 3 aromatic rings. The third kappa shape index (κ3) is 5.97. The van der Waals surface area contributed by atoms with Gasteiger partial charge in [0.1, 0.15) is 6.04 Å². The molecule has 0 aromatic heterocycles. The van der Waals surface area contributed by atoms with Gasteiger partial charge in [-0.3, -0.25) is 9.59 Å². The smallest absolute Gasteiger partial charge is 0.340 e. The lowest BCUT2D eigenvalue weighted by molar-refractivity contribution is -0.139. The average molecular weight is 440 g/mol. The maximum atomic E-state index is 13.3. The van der Waals surface area contributed by atoms with Gasteiger partial charge in [-0.1, -0.05) is 66.7 Å². The summed E-state index contributed by atoms with van der Waals surface area (Å²) < 4.78 is 40.0. The highest BCUT2D eigenvalue weighted by atomic mass is 19.4. The monoisotopic (exact) mass is 440 g/mol. The number of carbonyl (C=O) groups is 2. The maximum Gasteiger partial charge on any atom is 0.416 e. The lowest BCUT2D eigenvalue weighted by atomic mass is 10.0. The van der Waals surface area contributed by atoms with E-state index in [1.54, 1.807) is 30.3 Å². The topological polar surface area (TPSA) is 49.4 Å². The number of rotatable bonds is 7. The number of likely N-dealkylation sites (N-methyl/N-ethyl adjacent to an activating group) is 1. The van der Waals surface area contributed by atoms with Crippen LogP contribution in [0.25, 0.3) is 0 Å². The molecule has 3 aromatic carbocycles. The normalized spacial score (nSPS) is 12.1. The first kappa shape index (κ1) is 23.1. The van der Waals surface area contributed by atoms with Crippen molar-refractivity contribution in [3.8, 4) is 0 Å². The highest BCUT2D eigenvalue weighted by molar-refractivity contribution is 5.97. The second-order valence-corrected chi connectivity index (χ2v) is 7.43. The van der Waals surface area contributed by atoms with Gasteiger partial charge in [0, 0.05) is 25.6 Å². The number of halogens is 3. The Morgan fingerprint density at radius 2 is 1.44 bits per heavy atom. The van der Waals surface area contributed by atoms with Gasteiger partial charge in [-0.05, 0) is 29.3 Å². The largest absolute Gasteiger partial charge is 0.416 e. The summed E-state index contributed by atoms with van der Waals surface area (Å²) in [5.74, 6) is -0.904. The minimum atomic E-state index is -4.52. The summed E-state index contributed by atoms with van der Waals surface area (Å²) in [6, 6.07) is 21.8. The fourth-order valence-electron chi connectivity index (χ4n) is 3.42. The Balaban J connectivity index is 1.82. The van der Waals surface area contributed by atoms with Gasteiger partial charge in [0.2, 0.25) is 5.91 Å². The molecule has 0 bridgehead atoms. The van der Waals surface area contributed by atoms with Crippen LogP contribution in [0.2, 0.25) is 0 Å². The highest BCUT2D eigenvalue weighted by Crippen LogP contribution is 2.32. The van der Waals surface area contributed by atoms with Gasteiger partial charge in [0.25, 0.3) is 5.91 Å². The molecule has 0 spiro atoms. The zero-order valence-electron chi connectivity index (χ0n) is 17.5. The van der Waals surface area contributed by atoms with Crippen LogP contribution in [-0.4, -0.2) is 29.8 Å². The quantitative estimate of drug-likeness (QED) is 0.579. The zero-order valence-corrected chi connectivity index (χ0v) is 17.5. The van der Waals surface area contributed by atoms with E-state index in [1.807, 2.05) is 30.3 Å².